The number of hydrogen-bond donors (Lipinski definition) is 0. The lowest BCUT2D eigenvalue weighted by Gasteiger charge is -2.19. The molecule has 0 saturated carbocycles. The van der Waals surface area contributed by atoms with Crippen LogP contribution in [-0.4, -0.2) is 35.3 Å². The summed E-state index contributed by atoms with van der Waals surface area (Å²) in [7, 11) is 0. The topological polar surface area (TPSA) is 90.5 Å². The first-order valence-electron chi connectivity index (χ1n) is 11.4. The van der Waals surface area contributed by atoms with Gasteiger partial charge in [-0.2, -0.15) is 5.26 Å². The van der Waals surface area contributed by atoms with Crippen molar-refractivity contribution in [2.45, 2.75) is 60.0 Å². The number of unbranched alkanes of at least 4 members (excludes halogenated alkanes) is 1. The van der Waals surface area contributed by atoms with Crippen molar-refractivity contribution < 1.29 is 23.8 Å². The highest BCUT2D eigenvalue weighted by Gasteiger charge is 2.16. The Bertz CT molecular complexity index is 1200. The second-order valence-corrected chi connectivity index (χ2v) is 8.86. The molecule has 1 aromatic heterocycles. The summed E-state index contributed by atoms with van der Waals surface area (Å²) in [4.78, 5) is 23.7. The molecule has 1 heterocycles. The molecule has 0 radical (unpaired) electrons. The van der Waals surface area contributed by atoms with Crippen LogP contribution in [0.4, 0.5) is 0 Å². The zero-order valence-electron chi connectivity index (χ0n) is 20.1. The molecule has 0 fully saturated rings. The molecule has 0 amide bonds. The van der Waals surface area contributed by atoms with Gasteiger partial charge in [-0.3, -0.25) is 4.79 Å². The number of carbonyl (C=O) groups is 2. The van der Waals surface area contributed by atoms with Crippen LogP contribution >= 0.6 is 0 Å². The van der Waals surface area contributed by atoms with Gasteiger partial charge in [0, 0.05) is 23.7 Å². The van der Waals surface area contributed by atoms with Crippen LogP contribution in [0.25, 0.3) is 16.6 Å². The fourth-order valence-electron chi connectivity index (χ4n) is 3.53. The zero-order valence-corrected chi connectivity index (χ0v) is 20.1. The summed E-state index contributed by atoms with van der Waals surface area (Å²) in [6, 6.07) is 14.9. The van der Waals surface area contributed by atoms with Gasteiger partial charge in [-0.1, -0.05) is 7.43 Å². The van der Waals surface area contributed by atoms with Crippen molar-refractivity contribution in [3.63, 3.8) is 0 Å². The normalized spacial score (nSPS) is 10.8. The number of benzene rings is 2. The van der Waals surface area contributed by atoms with Gasteiger partial charge in [0.1, 0.15) is 17.4 Å². The molecule has 2 aromatic carbocycles. The molecule has 0 aliphatic heterocycles. The summed E-state index contributed by atoms with van der Waals surface area (Å²) in [5, 5.41) is 10.4. The van der Waals surface area contributed by atoms with Crippen LogP contribution in [-0.2, 0) is 14.3 Å². The van der Waals surface area contributed by atoms with Crippen molar-refractivity contribution in [1.29, 1.82) is 5.26 Å². The Morgan fingerprint density at radius 2 is 1.77 bits per heavy atom. The van der Waals surface area contributed by atoms with Gasteiger partial charge >= 0.3 is 11.9 Å². The van der Waals surface area contributed by atoms with Crippen molar-refractivity contribution in [1.82, 2.24) is 4.57 Å². The SMILES string of the molecule is C.CCOC(=O)c1ccc(-n2cc(C#N)c3cc(OCCCCC(=O)OC(C)(C)C)ccc32)cc1. The largest absolute Gasteiger partial charge is 0.494 e. The summed E-state index contributed by atoms with van der Waals surface area (Å²) in [5.74, 6) is 0.0953. The van der Waals surface area contributed by atoms with Crippen molar-refractivity contribution in [2.24, 2.45) is 0 Å². The van der Waals surface area contributed by atoms with E-state index in [2.05, 4.69) is 6.07 Å². The van der Waals surface area contributed by atoms with Crippen LogP contribution in [0.2, 0.25) is 0 Å². The molecule has 0 saturated heterocycles. The Morgan fingerprint density at radius 1 is 1.06 bits per heavy atom. The third-order valence-electron chi connectivity index (χ3n) is 5.02. The average Bonchev–Trinajstić information content (AvgIpc) is 3.16. The van der Waals surface area contributed by atoms with E-state index in [1.165, 1.54) is 0 Å². The predicted molar refractivity (Wildman–Crippen MR) is 136 cm³/mol. The molecule has 0 bridgehead atoms. The average molecular weight is 479 g/mol. The lowest BCUT2D eigenvalue weighted by Crippen LogP contribution is -2.23. The van der Waals surface area contributed by atoms with E-state index < -0.39 is 5.60 Å². The van der Waals surface area contributed by atoms with E-state index >= 15 is 0 Å². The smallest absolute Gasteiger partial charge is 0.338 e. The van der Waals surface area contributed by atoms with E-state index in [0.29, 0.717) is 42.9 Å². The van der Waals surface area contributed by atoms with Crippen molar-refractivity contribution in [3.05, 3.63) is 59.8 Å². The van der Waals surface area contributed by atoms with Crippen LogP contribution in [0.15, 0.2) is 48.7 Å². The fourth-order valence-corrected chi connectivity index (χ4v) is 3.53. The second kappa shape index (κ2) is 12.1. The van der Waals surface area contributed by atoms with Crippen LogP contribution in [0.1, 0.15) is 70.3 Å². The molecule has 0 atom stereocenters. The van der Waals surface area contributed by atoms with Gasteiger partial charge in [0.25, 0.3) is 0 Å². The summed E-state index contributed by atoms with van der Waals surface area (Å²) >= 11 is 0. The Balaban J connectivity index is 0.00000432. The maximum absolute atomic E-state index is 11.9. The van der Waals surface area contributed by atoms with Crippen LogP contribution < -0.4 is 4.74 Å². The maximum atomic E-state index is 11.9. The molecule has 7 nitrogen and oxygen atoms in total. The molecule has 3 aromatic rings. The second-order valence-electron chi connectivity index (χ2n) is 8.86. The Kier molecular flexibility index (Phi) is 9.47. The molecular formula is C28H34N2O5. The van der Waals surface area contributed by atoms with E-state index in [-0.39, 0.29) is 19.4 Å². The molecule has 186 valence electrons. The monoisotopic (exact) mass is 478 g/mol. The minimum atomic E-state index is -0.471. The highest BCUT2D eigenvalue weighted by Crippen LogP contribution is 2.28. The number of ether oxygens (including phenoxy) is 3. The number of aromatic nitrogens is 1. The first-order chi connectivity index (χ1) is 16.2. The molecule has 0 aliphatic rings. The van der Waals surface area contributed by atoms with Gasteiger partial charge in [-0.15, -0.1) is 0 Å². The van der Waals surface area contributed by atoms with E-state index in [1.54, 1.807) is 25.3 Å². The quantitative estimate of drug-likeness (QED) is 0.268. The van der Waals surface area contributed by atoms with Crippen LogP contribution in [0.5, 0.6) is 5.75 Å². The third kappa shape index (κ3) is 7.35. The summed E-state index contributed by atoms with van der Waals surface area (Å²) < 4.78 is 18.1. The van der Waals surface area contributed by atoms with Crippen LogP contribution in [0.3, 0.4) is 0 Å². The predicted octanol–water partition coefficient (Wildman–Crippen LogP) is 6.21. The molecule has 35 heavy (non-hydrogen) atoms. The number of esters is 2. The number of rotatable bonds is 9. The lowest BCUT2D eigenvalue weighted by molar-refractivity contribution is -0.154. The molecule has 7 heteroatoms. The minimum Gasteiger partial charge on any atom is -0.494 e. The van der Waals surface area contributed by atoms with E-state index in [4.69, 9.17) is 14.2 Å². The molecule has 0 spiro atoms. The standard InChI is InChI=1S/C27H30N2O5.CH4/c1-5-32-26(31)19-9-11-21(12-10-19)29-18-20(17-28)23-16-22(13-14-24(23)29)33-15-7-6-8-25(30)34-27(2,3)4;/h9-14,16,18H,5-8,15H2,1-4H3;1H4. The third-order valence-corrected chi connectivity index (χ3v) is 5.02. The first-order valence-corrected chi connectivity index (χ1v) is 11.4. The summed E-state index contributed by atoms with van der Waals surface area (Å²) in [6.07, 6.45) is 3.53. The number of hydrogen-bond acceptors (Lipinski definition) is 6. The molecule has 0 aliphatic carbocycles. The summed E-state index contributed by atoms with van der Waals surface area (Å²) in [6.45, 7) is 8.11. The zero-order chi connectivity index (χ0) is 24.7. The lowest BCUT2D eigenvalue weighted by atomic mass is 10.1. The van der Waals surface area contributed by atoms with E-state index in [1.807, 2.05) is 55.7 Å². The van der Waals surface area contributed by atoms with Crippen LogP contribution in [0, 0.1) is 11.3 Å². The van der Waals surface area contributed by atoms with Gasteiger partial charge in [-0.25, -0.2) is 4.79 Å². The summed E-state index contributed by atoms with van der Waals surface area (Å²) in [5.41, 5.74) is 2.22. The first kappa shape index (κ1) is 27.5. The van der Waals surface area contributed by atoms with E-state index in [0.717, 1.165) is 23.0 Å². The number of nitrogens with zero attached hydrogens (tertiary/aromatic N) is 2. The van der Waals surface area contributed by atoms with Gasteiger partial charge < -0.3 is 18.8 Å². The highest BCUT2D eigenvalue weighted by atomic mass is 16.6. The number of carbonyl (C=O) groups excluding carboxylic acids is 2. The fraction of sp³-hybridized carbons (Fsp3) is 0.393. The Morgan fingerprint density at radius 3 is 2.40 bits per heavy atom. The molecule has 0 N–H and O–H groups in total. The minimum absolute atomic E-state index is 0. The van der Waals surface area contributed by atoms with Crippen molar-refractivity contribution in [3.8, 4) is 17.5 Å². The molecule has 3 rings (SSSR count). The highest BCUT2D eigenvalue weighted by molar-refractivity contribution is 5.91. The van der Waals surface area contributed by atoms with Gasteiger partial charge in [-0.05, 0) is 83.0 Å². The number of nitriles is 1. The number of fused-ring (bicyclic) bond motifs is 1. The molecular weight excluding hydrogens is 444 g/mol. The van der Waals surface area contributed by atoms with Gasteiger partial charge in [0.2, 0.25) is 0 Å². The molecule has 0 unspecified atom stereocenters. The Labute approximate surface area is 207 Å². The van der Waals surface area contributed by atoms with Crippen molar-refractivity contribution >= 4 is 22.8 Å². The van der Waals surface area contributed by atoms with Gasteiger partial charge in [0.05, 0.1) is 29.9 Å². The van der Waals surface area contributed by atoms with E-state index in [9.17, 15) is 14.9 Å². The van der Waals surface area contributed by atoms with Gasteiger partial charge in [0.15, 0.2) is 0 Å². The Hall–Kier alpha value is -3.79. The van der Waals surface area contributed by atoms with Crippen molar-refractivity contribution in [2.75, 3.05) is 13.2 Å². The maximum Gasteiger partial charge on any atom is 0.338 e.